The summed E-state index contributed by atoms with van der Waals surface area (Å²) in [6.07, 6.45) is 0.703. The highest BCUT2D eigenvalue weighted by Crippen LogP contribution is 2.32. The molecule has 0 radical (unpaired) electrons. The number of ether oxygens (including phenoxy) is 2. The average molecular weight is 358 g/mol. The van der Waals surface area contributed by atoms with E-state index in [9.17, 15) is 8.42 Å². The van der Waals surface area contributed by atoms with Gasteiger partial charge in [-0.25, -0.2) is 13.1 Å². The number of hydrogen-bond donors (Lipinski definition) is 1. The third-order valence-corrected chi connectivity index (χ3v) is 4.92. The molecule has 0 aliphatic heterocycles. The zero-order valence-corrected chi connectivity index (χ0v) is 16.7. The highest BCUT2D eigenvalue weighted by atomic mass is 32.2. The quantitative estimate of drug-likeness (QED) is 0.764. The van der Waals surface area contributed by atoms with Gasteiger partial charge in [0.15, 0.2) is 0 Å². The molecule has 1 N–H and O–H groups in total. The van der Waals surface area contributed by atoms with Gasteiger partial charge in [-0.1, -0.05) is 20.8 Å². The van der Waals surface area contributed by atoms with E-state index < -0.39 is 15.6 Å². The van der Waals surface area contributed by atoms with Gasteiger partial charge in [0.1, 0.15) is 16.4 Å². The van der Waals surface area contributed by atoms with Crippen LogP contribution >= 0.6 is 0 Å². The summed E-state index contributed by atoms with van der Waals surface area (Å²) in [6, 6.07) is 4.87. The molecule has 0 aliphatic carbocycles. The predicted octanol–water partition coefficient (Wildman–Crippen LogP) is 3.98. The second-order valence-electron chi connectivity index (χ2n) is 7.70. The summed E-state index contributed by atoms with van der Waals surface area (Å²) in [5.74, 6) is 0.843. The van der Waals surface area contributed by atoms with Crippen LogP contribution in [0, 0.1) is 5.41 Å². The van der Waals surface area contributed by atoms with Crippen LogP contribution in [-0.4, -0.2) is 27.2 Å². The van der Waals surface area contributed by atoms with Gasteiger partial charge in [-0.05, 0) is 51.7 Å². The zero-order valence-electron chi connectivity index (χ0n) is 15.9. The maximum Gasteiger partial charge on any atom is 0.244 e. The van der Waals surface area contributed by atoms with Gasteiger partial charge in [0.05, 0.1) is 13.2 Å². The van der Waals surface area contributed by atoms with Gasteiger partial charge in [0.2, 0.25) is 10.0 Å². The standard InChI is InChI=1S/C18H31NO4S/c1-8-22-14-10-11-15(23-9-2)16(12-14)24(20,21)19-18(6,7)13-17(3,4)5/h10-12,19H,8-9,13H2,1-7H3. The summed E-state index contributed by atoms with van der Waals surface area (Å²) in [5.41, 5.74) is -0.579. The van der Waals surface area contributed by atoms with Crippen molar-refractivity contribution in [3.05, 3.63) is 18.2 Å². The van der Waals surface area contributed by atoms with E-state index in [4.69, 9.17) is 9.47 Å². The van der Waals surface area contributed by atoms with E-state index >= 15 is 0 Å². The smallest absolute Gasteiger partial charge is 0.244 e. The molecule has 138 valence electrons. The fourth-order valence-corrected chi connectivity index (χ4v) is 4.58. The molecule has 6 heteroatoms. The second kappa shape index (κ2) is 7.74. The molecule has 0 saturated carbocycles. The normalized spacial score (nSPS) is 13.0. The monoisotopic (exact) mass is 357 g/mol. The van der Waals surface area contributed by atoms with Crippen molar-refractivity contribution in [1.82, 2.24) is 4.72 Å². The summed E-state index contributed by atoms with van der Waals surface area (Å²) in [4.78, 5) is 0.109. The lowest BCUT2D eigenvalue weighted by Crippen LogP contribution is -2.45. The van der Waals surface area contributed by atoms with Crippen LogP contribution in [0.5, 0.6) is 11.5 Å². The van der Waals surface area contributed by atoms with E-state index in [-0.39, 0.29) is 10.3 Å². The predicted molar refractivity (Wildman–Crippen MR) is 97.3 cm³/mol. The van der Waals surface area contributed by atoms with Gasteiger partial charge in [0, 0.05) is 11.6 Å². The van der Waals surface area contributed by atoms with E-state index in [2.05, 4.69) is 25.5 Å². The molecule has 24 heavy (non-hydrogen) atoms. The van der Waals surface area contributed by atoms with E-state index in [1.54, 1.807) is 12.1 Å². The first kappa shape index (κ1) is 20.8. The van der Waals surface area contributed by atoms with E-state index in [0.29, 0.717) is 31.1 Å². The molecule has 0 unspecified atom stereocenters. The number of sulfonamides is 1. The van der Waals surface area contributed by atoms with Crippen molar-refractivity contribution in [3.63, 3.8) is 0 Å². The van der Waals surface area contributed by atoms with Gasteiger partial charge in [-0.15, -0.1) is 0 Å². The minimum absolute atomic E-state index is 0.00192. The van der Waals surface area contributed by atoms with Crippen molar-refractivity contribution in [3.8, 4) is 11.5 Å². The molecule has 0 atom stereocenters. The van der Waals surface area contributed by atoms with Gasteiger partial charge < -0.3 is 9.47 Å². The Morgan fingerprint density at radius 2 is 1.58 bits per heavy atom. The molecule has 1 rings (SSSR count). The summed E-state index contributed by atoms with van der Waals surface area (Å²) in [6.45, 7) is 14.6. The van der Waals surface area contributed by atoms with Crippen molar-refractivity contribution in [1.29, 1.82) is 0 Å². The SMILES string of the molecule is CCOc1ccc(OCC)c(S(=O)(=O)NC(C)(C)CC(C)(C)C)c1. The first-order valence-corrected chi connectivity index (χ1v) is 9.82. The van der Waals surface area contributed by atoms with E-state index in [1.807, 2.05) is 27.7 Å². The van der Waals surface area contributed by atoms with Crippen LogP contribution in [0.15, 0.2) is 23.1 Å². The lowest BCUT2D eigenvalue weighted by atomic mass is 9.82. The number of rotatable bonds is 8. The molecule has 0 bridgehead atoms. The number of nitrogens with one attached hydrogen (secondary N) is 1. The van der Waals surface area contributed by atoms with Crippen LogP contribution in [0.2, 0.25) is 0 Å². The third kappa shape index (κ3) is 6.32. The van der Waals surface area contributed by atoms with Crippen LogP contribution in [0.3, 0.4) is 0 Å². The Labute approximate surface area is 146 Å². The summed E-state index contributed by atoms with van der Waals surface area (Å²) < 4.78 is 39.6. The van der Waals surface area contributed by atoms with Crippen LogP contribution in [0.25, 0.3) is 0 Å². The van der Waals surface area contributed by atoms with Crippen molar-refractivity contribution in [2.75, 3.05) is 13.2 Å². The van der Waals surface area contributed by atoms with E-state index in [1.165, 1.54) is 6.07 Å². The third-order valence-electron chi connectivity index (χ3n) is 3.20. The Hall–Kier alpha value is -1.27. The molecule has 0 spiro atoms. The van der Waals surface area contributed by atoms with Crippen LogP contribution in [-0.2, 0) is 10.0 Å². The fourth-order valence-electron chi connectivity index (χ4n) is 3.01. The fraction of sp³-hybridized carbons (Fsp3) is 0.667. The van der Waals surface area contributed by atoms with Crippen LogP contribution < -0.4 is 14.2 Å². The molecule has 0 saturated heterocycles. The molecule has 0 fully saturated rings. The summed E-state index contributed by atoms with van der Waals surface area (Å²) >= 11 is 0. The molecular weight excluding hydrogens is 326 g/mol. The van der Waals surface area contributed by atoms with Crippen LogP contribution in [0.1, 0.15) is 54.9 Å². The molecule has 0 amide bonds. The highest BCUT2D eigenvalue weighted by molar-refractivity contribution is 7.89. The van der Waals surface area contributed by atoms with Gasteiger partial charge >= 0.3 is 0 Å². The van der Waals surface area contributed by atoms with Gasteiger partial charge in [0.25, 0.3) is 0 Å². The topological polar surface area (TPSA) is 64.6 Å². The summed E-state index contributed by atoms with van der Waals surface area (Å²) in [5, 5.41) is 0. The maximum absolute atomic E-state index is 12.9. The largest absolute Gasteiger partial charge is 0.494 e. The Bertz CT molecular complexity index is 645. The lowest BCUT2D eigenvalue weighted by molar-refractivity contribution is 0.269. The highest BCUT2D eigenvalue weighted by Gasteiger charge is 2.32. The first-order chi connectivity index (χ1) is 10.9. The minimum atomic E-state index is -3.74. The number of benzene rings is 1. The van der Waals surface area contributed by atoms with Crippen molar-refractivity contribution < 1.29 is 17.9 Å². The average Bonchev–Trinajstić information content (AvgIpc) is 2.36. The minimum Gasteiger partial charge on any atom is -0.494 e. The molecule has 0 aliphatic rings. The molecule has 5 nitrogen and oxygen atoms in total. The Morgan fingerprint density at radius 3 is 2.08 bits per heavy atom. The molecular formula is C18H31NO4S. The van der Waals surface area contributed by atoms with E-state index in [0.717, 1.165) is 0 Å². The molecule has 0 heterocycles. The van der Waals surface area contributed by atoms with Gasteiger partial charge in [-0.2, -0.15) is 0 Å². The second-order valence-corrected chi connectivity index (χ2v) is 9.35. The van der Waals surface area contributed by atoms with Crippen molar-refractivity contribution in [2.45, 2.75) is 65.3 Å². The number of hydrogen-bond acceptors (Lipinski definition) is 4. The summed E-state index contributed by atoms with van der Waals surface area (Å²) in [7, 11) is -3.74. The first-order valence-electron chi connectivity index (χ1n) is 8.34. The maximum atomic E-state index is 12.9. The molecule has 1 aromatic rings. The van der Waals surface area contributed by atoms with Crippen LogP contribution in [0.4, 0.5) is 0 Å². The Morgan fingerprint density at radius 1 is 1.00 bits per heavy atom. The molecule has 0 aromatic heterocycles. The molecule has 1 aromatic carbocycles. The Kier molecular flexibility index (Phi) is 6.70. The van der Waals surface area contributed by atoms with Crippen molar-refractivity contribution in [2.24, 2.45) is 5.41 Å². The zero-order chi connectivity index (χ0) is 18.6. The lowest BCUT2D eigenvalue weighted by Gasteiger charge is -2.33. The van der Waals surface area contributed by atoms with Gasteiger partial charge in [-0.3, -0.25) is 0 Å². The Balaban J connectivity index is 3.22. The van der Waals surface area contributed by atoms with Crippen molar-refractivity contribution >= 4 is 10.0 Å².